The highest BCUT2D eigenvalue weighted by atomic mass is 32.2. The van der Waals surface area contributed by atoms with Gasteiger partial charge in [0, 0.05) is 29.6 Å². The van der Waals surface area contributed by atoms with E-state index in [4.69, 9.17) is 4.74 Å². The van der Waals surface area contributed by atoms with Crippen molar-refractivity contribution in [3.63, 3.8) is 0 Å². The molecule has 0 spiro atoms. The van der Waals surface area contributed by atoms with E-state index in [1.807, 2.05) is 26.1 Å². The van der Waals surface area contributed by atoms with Crippen molar-refractivity contribution in [2.24, 2.45) is 0 Å². The van der Waals surface area contributed by atoms with Gasteiger partial charge in [-0.1, -0.05) is 17.8 Å². The smallest absolute Gasteiger partial charge is 0.251 e. The van der Waals surface area contributed by atoms with Crippen molar-refractivity contribution in [3.8, 4) is 5.75 Å². The highest BCUT2D eigenvalue weighted by Gasteiger charge is 2.07. The number of aromatic nitrogens is 2. The van der Waals surface area contributed by atoms with Gasteiger partial charge >= 0.3 is 0 Å². The van der Waals surface area contributed by atoms with Crippen LogP contribution in [-0.4, -0.2) is 24.1 Å². The van der Waals surface area contributed by atoms with Crippen LogP contribution in [0.3, 0.4) is 0 Å². The van der Waals surface area contributed by atoms with Crippen LogP contribution in [0.1, 0.15) is 16.8 Å². The molecule has 21 heavy (non-hydrogen) atoms. The first-order valence-electron chi connectivity index (χ1n) is 6.63. The number of benzene rings is 1. The van der Waals surface area contributed by atoms with Gasteiger partial charge in [-0.25, -0.2) is 4.98 Å². The number of nitrogens with zero attached hydrogens (tertiary/aromatic N) is 1. The zero-order valence-electron chi connectivity index (χ0n) is 12.4. The molecular formula is C15H19N3O2S. The molecule has 0 amide bonds. The van der Waals surface area contributed by atoms with Gasteiger partial charge in [-0.15, -0.1) is 0 Å². The minimum atomic E-state index is -0.124. The van der Waals surface area contributed by atoms with Gasteiger partial charge in [-0.05, 0) is 31.7 Å². The standard InChI is InChI=1S/C15H19N3O2S/c1-10-6-14(19)18-15(17-10)21-9-12-7-11(8-16-2)4-5-13(12)20-3/h4-7,16H,8-9H2,1-3H3,(H,17,18,19). The molecule has 5 nitrogen and oxygen atoms in total. The predicted molar refractivity (Wildman–Crippen MR) is 84.9 cm³/mol. The molecule has 112 valence electrons. The topological polar surface area (TPSA) is 67.0 Å². The van der Waals surface area contributed by atoms with E-state index in [-0.39, 0.29) is 5.56 Å². The zero-order chi connectivity index (χ0) is 15.2. The second-order valence-electron chi connectivity index (χ2n) is 4.66. The summed E-state index contributed by atoms with van der Waals surface area (Å²) in [5.74, 6) is 1.53. The monoisotopic (exact) mass is 305 g/mol. The lowest BCUT2D eigenvalue weighted by molar-refractivity contribution is 0.411. The molecule has 0 radical (unpaired) electrons. The van der Waals surface area contributed by atoms with Gasteiger partial charge in [0.15, 0.2) is 5.16 Å². The molecular weight excluding hydrogens is 286 g/mol. The Morgan fingerprint density at radius 2 is 2.19 bits per heavy atom. The fourth-order valence-corrected chi connectivity index (χ4v) is 2.92. The van der Waals surface area contributed by atoms with Gasteiger partial charge in [-0.3, -0.25) is 4.79 Å². The first kappa shape index (κ1) is 15.6. The van der Waals surface area contributed by atoms with Crippen molar-refractivity contribution in [3.05, 3.63) is 51.4 Å². The van der Waals surface area contributed by atoms with Gasteiger partial charge in [0.25, 0.3) is 5.56 Å². The van der Waals surface area contributed by atoms with Crippen LogP contribution < -0.4 is 15.6 Å². The number of aryl methyl sites for hydroxylation is 1. The van der Waals surface area contributed by atoms with E-state index in [2.05, 4.69) is 21.4 Å². The third-order valence-electron chi connectivity index (χ3n) is 2.94. The Bertz CT molecular complexity index is 670. The van der Waals surface area contributed by atoms with Crippen LogP contribution in [0.15, 0.2) is 34.2 Å². The van der Waals surface area contributed by atoms with Crippen LogP contribution >= 0.6 is 11.8 Å². The minimum Gasteiger partial charge on any atom is -0.496 e. The SMILES string of the molecule is CNCc1ccc(OC)c(CSc2nc(C)cc(=O)[nH]2)c1. The Morgan fingerprint density at radius 1 is 1.38 bits per heavy atom. The normalized spacial score (nSPS) is 10.6. The number of hydrogen-bond acceptors (Lipinski definition) is 5. The summed E-state index contributed by atoms with van der Waals surface area (Å²) in [6.45, 7) is 2.62. The Balaban J connectivity index is 2.17. The fourth-order valence-electron chi connectivity index (χ4n) is 2.02. The summed E-state index contributed by atoms with van der Waals surface area (Å²) in [4.78, 5) is 18.5. The lowest BCUT2D eigenvalue weighted by Crippen LogP contribution is -2.08. The summed E-state index contributed by atoms with van der Waals surface area (Å²) >= 11 is 1.49. The third-order valence-corrected chi connectivity index (χ3v) is 3.86. The Labute approximate surface area is 128 Å². The molecule has 2 rings (SSSR count). The number of rotatable bonds is 6. The van der Waals surface area contributed by atoms with Crippen molar-refractivity contribution < 1.29 is 4.74 Å². The van der Waals surface area contributed by atoms with Crippen molar-refractivity contribution in [2.45, 2.75) is 24.4 Å². The van der Waals surface area contributed by atoms with Crippen molar-refractivity contribution in [2.75, 3.05) is 14.2 Å². The first-order valence-corrected chi connectivity index (χ1v) is 7.62. The van der Waals surface area contributed by atoms with E-state index < -0.39 is 0 Å². The molecule has 1 heterocycles. The average Bonchev–Trinajstić information content (AvgIpc) is 2.45. The lowest BCUT2D eigenvalue weighted by atomic mass is 10.1. The summed E-state index contributed by atoms with van der Waals surface area (Å²) in [6.07, 6.45) is 0. The van der Waals surface area contributed by atoms with Gasteiger partial charge in [0.05, 0.1) is 7.11 Å². The first-order chi connectivity index (χ1) is 10.1. The molecule has 0 aliphatic heterocycles. The van der Waals surface area contributed by atoms with Crippen LogP contribution in [0, 0.1) is 6.92 Å². The van der Waals surface area contributed by atoms with Crippen LogP contribution in [0.25, 0.3) is 0 Å². The molecule has 1 aromatic heterocycles. The van der Waals surface area contributed by atoms with E-state index >= 15 is 0 Å². The van der Waals surface area contributed by atoms with Crippen molar-refractivity contribution >= 4 is 11.8 Å². The van der Waals surface area contributed by atoms with Gasteiger partial charge in [-0.2, -0.15) is 0 Å². The molecule has 0 saturated heterocycles. The van der Waals surface area contributed by atoms with E-state index in [1.165, 1.54) is 23.4 Å². The van der Waals surface area contributed by atoms with Crippen LogP contribution in [0.4, 0.5) is 0 Å². The zero-order valence-corrected chi connectivity index (χ0v) is 13.2. The maximum Gasteiger partial charge on any atom is 0.251 e. The summed E-state index contributed by atoms with van der Waals surface area (Å²) in [5, 5.41) is 3.76. The number of nitrogens with one attached hydrogen (secondary N) is 2. The molecule has 1 aromatic carbocycles. The molecule has 0 unspecified atom stereocenters. The fraction of sp³-hybridized carbons (Fsp3) is 0.333. The second-order valence-corrected chi connectivity index (χ2v) is 5.62. The maximum absolute atomic E-state index is 11.4. The van der Waals surface area contributed by atoms with Crippen LogP contribution in [0.5, 0.6) is 5.75 Å². The van der Waals surface area contributed by atoms with Crippen LogP contribution in [0.2, 0.25) is 0 Å². The van der Waals surface area contributed by atoms with Crippen molar-refractivity contribution in [1.82, 2.24) is 15.3 Å². The number of hydrogen-bond donors (Lipinski definition) is 2. The summed E-state index contributed by atoms with van der Waals surface area (Å²) in [6, 6.07) is 7.60. The molecule has 2 N–H and O–H groups in total. The summed E-state index contributed by atoms with van der Waals surface area (Å²) < 4.78 is 5.39. The number of H-pyrrole nitrogens is 1. The Kier molecular flexibility index (Phi) is 5.41. The quantitative estimate of drug-likeness (QED) is 0.632. The molecule has 0 atom stereocenters. The Hall–Kier alpha value is -1.79. The third kappa shape index (κ3) is 4.34. The molecule has 0 aliphatic carbocycles. The van der Waals surface area contributed by atoms with Crippen LogP contribution in [-0.2, 0) is 12.3 Å². The number of ether oxygens (including phenoxy) is 1. The second kappa shape index (κ2) is 7.28. The minimum absolute atomic E-state index is 0.124. The number of thioether (sulfide) groups is 1. The van der Waals surface area contributed by atoms with Gasteiger partial charge in [0.2, 0.25) is 0 Å². The molecule has 6 heteroatoms. The predicted octanol–water partition coefficient (Wildman–Crippen LogP) is 2.10. The number of methoxy groups -OCH3 is 1. The Morgan fingerprint density at radius 3 is 2.86 bits per heavy atom. The largest absolute Gasteiger partial charge is 0.496 e. The molecule has 0 aliphatic rings. The summed E-state index contributed by atoms with van der Waals surface area (Å²) in [7, 11) is 3.58. The molecule has 2 aromatic rings. The molecule has 0 bridgehead atoms. The lowest BCUT2D eigenvalue weighted by Gasteiger charge is -2.10. The van der Waals surface area contributed by atoms with E-state index in [0.29, 0.717) is 10.9 Å². The highest BCUT2D eigenvalue weighted by Crippen LogP contribution is 2.27. The maximum atomic E-state index is 11.4. The van der Waals surface area contributed by atoms with Gasteiger partial charge < -0.3 is 15.0 Å². The average molecular weight is 305 g/mol. The van der Waals surface area contributed by atoms with E-state index in [9.17, 15) is 4.79 Å². The highest BCUT2D eigenvalue weighted by molar-refractivity contribution is 7.98. The van der Waals surface area contributed by atoms with Gasteiger partial charge in [0.1, 0.15) is 5.75 Å². The molecule has 0 fully saturated rings. The van der Waals surface area contributed by atoms with E-state index in [1.54, 1.807) is 7.11 Å². The van der Waals surface area contributed by atoms with Crippen molar-refractivity contribution in [1.29, 1.82) is 0 Å². The number of aromatic amines is 1. The van der Waals surface area contributed by atoms with E-state index in [0.717, 1.165) is 23.6 Å². The molecule has 0 saturated carbocycles. The summed E-state index contributed by atoms with van der Waals surface area (Å²) in [5.41, 5.74) is 2.87.